The van der Waals surface area contributed by atoms with Crippen LogP contribution in [0.4, 0.5) is 0 Å². The summed E-state index contributed by atoms with van der Waals surface area (Å²) in [7, 11) is 4.52. The molecule has 0 bridgehead atoms. The van der Waals surface area contributed by atoms with E-state index < -0.39 is 5.97 Å². The number of hydrogen-bond acceptors (Lipinski definition) is 7. The van der Waals surface area contributed by atoms with E-state index in [1.807, 2.05) is 47.9 Å². The second-order valence-corrected chi connectivity index (χ2v) is 7.51. The molecule has 0 saturated carbocycles. The average molecular weight is 446 g/mol. The number of benzene rings is 2. The van der Waals surface area contributed by atoms with Crippen molar-refractivity contribution in [2.45, 2.75) is 13.5 Å². The Morgan fingerprint density at radius 3 is 2.52 bits per heavy atom. The van der Waals surface area contributed by atoms with Crippen LogP contribution in [0.5, 0.6) is 11.5 Å². The van der Waals surface area contributed by atoms with Gasteiger partial charge in [0.2, 0.25) is 5.89 Å². The van der Waals surface area contributed by atoms with Gasteiger partial charge >= 0.3 is 5.97 Å². The van der Waals surface area contributed by atoms with Gasteiger partial charge in [-0.3, -0.25) is 0 Å². The molecule has 0 amide bonds. The first-order valence-corrected chi connectivity index (χ1v) is 10.3. The summed E-state index contributed by atoms with van der Waals surface area (Å²) >= 11 is 0. The highest BCUT2D eigenvalue weighted by Gasteiger charge is 2.23. The van der Waals surface area contributed by atoms with E-state index in [-0.39, 0.29) is 0 Å². The lowest BCUT2D eigenvalue weighted by Crippen LogP contribution is -2.12. The van der Waals surface area contributed by atoms with Crippen LogP contribution in [0, 0.1) is 6.92 Å². The standard InChI is InChI=1S/C25H22N2O6/c1-14-17(26-24(32-14)15-9-10-20(29-2)21(11-15)30-3)13-27-18(25(28)31-4)12-22-23(27)16-7-5-6-8-19(16)33-22/h5-12H,13H2,1-4H3. The lowest BCUT2D eigenvalue weighted by molar-refractivity contribution is 0.0589. The fourth-order valence-electron chi connectivity index (χ4n) is 4.00. The maximum Gasteiger partial charge on any atom is 0.354 e. The second-order valence-electron chi connectivity index (χ2n) is 7.51. The second kappa shape index (κ2) is 8.05. The van der Waals surface area contributed by atoms with Gasteiger partial charge in [-0.1, -0.05) is 12.1 Å². The average Bonchev–Trinajstić information content (AvgIpc) is 3.50. The van der Waals surface area contributed by atoms with Gasteiger partial charge in [0, 0.05) is 17.0 Å². The van der Waals surface area contributed by atoms with Crippen molar-refractivity contribution in [2.75, 3.05) is 21.3 Å². The van der Waals surface area contributed by atoms with Gasteiger partial charge in [-0.15, -0.1) is 0 Å². The molecule has 0 aliphatic heterocycles. The molecule has 0 spiro atoms. The number of rotatable bonds is 6. The van der Waals surface area contributed by atoms with Crippen LogP contribution in [0.3, 0.4) is 0 Å². The Hall–Kier alpha value is -4.20. The summed E-state index contributed by atoms with van der Waals surface area (Å²) in [6.07, 6.45) is 0. The van der Waals surface area contributed by atoms with Crippen LogP contribution >= 0.6 is 0 Å². The first kappa shape index (κ1) is 20.7. The Kier molecular flexibility index (Phi) is 5.05. The molecule has 5 rings (SSSR count). The smallest absolute Gasteiger partial charge is 0.354 e. The number of aromatic nitrogens is 2. The largest absolute Gasteiger partial charge is 0.493 e. The molecule has 0 aliphatic carbocycles. The predicted molar refractivity (Wildman–Crippen MR) is 122 cm³/mol. The summed E-state index contributed by atoms with van der Waals surface area (Å²) in [5.74, 6) is 1.84. The molecular weight excluding hydrogens is 424 g/mol. The van der Waals surface area contributed by atoms with E-state index in [0.29, 0.717) is 46.7 Å². The lowest BCUT2D eigenvalue weighted by atomic mass is 10.2. The van der Waals surface area contributed by atoms with Gasteiger partial charge in [-0.2, -0.15) is 0 Å². The predicted octanol–water partition coefficient (Wildman–Crippen LogP) is 5.20. The van der Waals surface area contributed by atoms with Crippen molar-refractivity contribution in [3.05, 3.63) is 65.7 Å². The number of esters is 1. The van der Waals surface area contributed by atoms with Crippen LogP contribution in [0.1, 0.15) is 21.9 Å². The Morgan fingerprint density at radius 2 is 1.76 bits per heavy atom. The normalized spacial score (nSPS) is 11.3. The number of methoxy groups -OCH3 is 3. The van der Waals surface area contributed by atoms with Gasteiger partial charge in [-0.25, -0.2) is 9.78 Å². The minimum absolute atomic E-state index is 0.306. The fourth-order valence-corrected chi connectivity index (χ4v) is 4.00. The molecule has 3 heterocycles. The Balaban J connectivity index is 1.61. The summed E-state index contributed by atoms with van der Waals surface area (Å²) in [6, 6.07) is 14.9. The van der Waals surface area contributed by atoms with Crippen molar-refractivity contribution >= 4 is 28.0 Å². The summed E-state index contributed by atoms with van der Waals surface area (Å²) in [4.78, 5) is 17.2. The molecule has 0 N–H and O–H groups in total. The van der Waals surface area contributed by atoms with Crippen LogP contribution in [0.25, 0.3) is 33.5 Å². The summed E-state index contributed by atoms with van der Waals surface area (Å²) in [6.45, 7) is 2.15. The number of para-hydroxylation sites is 1. The van der Waals surface area contributed by atoms with Crippen molar-refractivity contribution in [3.63, 3.8) is 0 Å². The van der Waals surface area contributed by atoms with Crippen molar-refractivity contribution < 1.29 is 27.8 Å². The number of furan rings is 1. The number of oxazole rings is 1. The molecule has 3 aromatic heterocycles. The molecule has 0 atom stereocenters. The number of carbonyl (C=O) groups is 1. The molecule has 2 aromatic carbocycles. The summed E-state index contributed by atoms with van der Waals surface area (Å²) in [5, 5.41) is 0.906. The summed E-state index contributed by atoms with van der Waals surface area (Å²) < 4.78 is 29.5. The Labute approximate surface area is 189 Å². The highest BCUT2D eigenvalue weighted by Crippen LogP contribution is 2.35. The zero-order chi connectivity index (χ0) is 23.1. The van der Waals surface area contributed by atoms with Crippen molar-refractivity contribution in [1.29, 1.82) is 0 Å². The van der Waals surface area contributed by atoms with Crippen molar-refractivity contribution in [2.24, 2.45) is 0 Å². The SMILES string of the molecule is COC(=O)c1cc2oc3ccccc3c2n1Cc1nc(-c2ccc(OC)c(OC)c2)oc1C. The summed E-state index contributed by atoms with van der Waals surface area (Å²) in [5.41, 5.74) is 3.98. The van der Waals surface area contributed by atoms with Gasteiger partial charge in [0.15, 0.2) is 17.1 Å². The molecule has 33 heavy (non-hydrogen) atoms. The molecule has 0 fully saturated rings. The first-order chi connectivity index (χ1) is 16.0. The van der Waals surface area contributed by atoms with Crippen molar-refractivity contribution in [3.8, 4) is 23.0 Å². The zero-order valence-electron chi connectivity index (χ0n) is 18.7. The minimum atomic E-state index is -0.452. The van der Waals surface area contributed by atoms with E-state index in [2.05, 4.69) is 0 Å². The molecule has 0 aliphatic rings. The monoisotopic (exact) mass is 446 g/mol. The third kappa shape index (κ3) is 3.40. The van der Waals surface area contributed by atoms with E-state index in [9.17, 15) is 4.79 Å². The van der Waals surface area contributed by atoms with Crippen LogP contribution in [-0.4, -0.2) is 36.8 Å². The highest BCUT2D eigenvalue weighted by atomic mass is 16.5. The van der Waals surface area contributed by atoms with Gasteiger partial charge in [0.25, 0.3) is 0 Å². The molecule has 5 aromatic rings. The van der Waals surface area contributed by atoms with E-state index >= 15 is 0 Å². The molecule has 8 heteroatoms. The molecule has 8 nitrogen and oxygen atoms in total. The first-order valence-electron chi connectivity index (χ1n) is 10.3. The van der Waals surface area contributed by atoms with Crippen LogP contribution < -0.4 is 9.47 Å². The number of nitrogens with zero attached hydrogens (tertiary/aromatic N) is 2. The van der Waals surface area contributed by atoms with Crippen LogP contribution in [0.2, 0.25) is 0 Å². The van der Waals surface area contributed by atoms with Crippen LogP contribution in [0.15, 0.2) is 57.4 Å². The molecule has 0 radical (unpaired) electrons. The quantitative estimate of drug-likeness (QED) is 0.331. The van der Waals surface area contributed by atoms with Crippen molar-refractivity contribution in [1.82, 2.24) is 9.55 Å². The molecule has 168 valence electrons. The number of fused-ring (bicyclic) bond motifs is 3. The number of hydrogen-bond donors (Lipinski definition) is 0. The van der Waals surface area contributed by atoms with Crippen LogP contribution in [-0.2, 0) is 11.3 Å². The highest BCUT2D eigenvalue weighted by molar-refractivity contribution is 6.06. The Morgan fingerprint density at radius 1 is 0.970 bits per heavy atom. The van der Waals surface area contributed by atoms with E-state index in [1.165, 1.54) is 7.11 Å². The van der Waals surface area contributed by atoms with Gasteiger partial charge in [-0.05, 0) is 37.3 Å². The number of carbonyl (C=O) groups excluding carboxylic acids is 1. The fraction of sp³-hybridized carbons (Fsp3) is 0.200. The van der Waals surface area contributed by atoms with E-state index in [1.54, 1.807) is 26.4 Å². The zero-order valence-corrected chi connectivity index (χ0v) is 18.7. The molecule has 0 saturated heterocycles. The minimum Gasteiger partial charge on any atom is -0.493 e. The Bertz CT molecular complexity index is 1490. The maximum absolute atomic E-state index is 12.5. The van der Waals surface area contributed by atoms with E-state index in [0.717, 1.165) is 22.0 Å². The number of ether oxygens (including phenoxy) is 3. The van der Waals surface area contributed by atoms with E-state index in [4.69, 9.17) is 28.0 Å². The maximum atomic E-state index is 12.5. The molecular formula is C25H22N2O6. The molecule has 0 unspecified atom stereocenters. The lowest BCUT2D eigenvalue weighted by Gasteiger charge is -2.08. The third-order valence-electron chi connectivity index (χ3n) is 5.65. The van der Waals surface area contributed by atoms with Gasteiger partial charge in [0.1, 0.15) is 22.7 Å². The third-order valence-corrected chi connectivity index (χ3v) is 5.65. The topological polar surface area (TPSA) is 88.9 Å². The number of aryl methyl sites for hydroxylation is 1. The van der Waals surface area contributed by atoms with Gasteiger partial charge < -0.3 is 27.6 Å². The van der Waals surface area contributed by atoms with Gasteiger partial charge in [0.05, 0.1) is 33.4 Å².